The van der Waals surface area contributed by atoms with E-state index >= 15 is 0 Å². The second-order valence-electron chi connectivity index (χ2n) is 17.0. The summed E-state index contributed by atoms with van der Waals surface area (Å²) in [4.78, 5) is 41.2. The number of hydrogen-bond acceptors (Lipinski definition) is 10. The van der Waals surface area contributed by atoms with Crippen molar-refractivity contribution in [3.63, 3.8) is 0 Å². The molecule has 3 aromatic carbocycles. The van der Waals surface area contributed by atoms with E-state index in [2.05, 4.69) is 18.8 Å². The van der Waals surface area contributed by atoms with Crippen LogP contribution in [0.3, 0.4) is 0 Å². The minimum absolute atomic E-state index is 0.00609. The first-order valence-electron chi connectivity index (χ1n) is 21.3. The summed E-state index contributed by atoms with van der Waals surface area (Å²) >= 11 is 0. The molecule has 7 rings (SSSR count). The quantitative estimate of drug-likeness (QED) is 0.0694. The second kappa shape index (κ2) is 18.1. The van der Waals surface area contributed by atoms with Crippen LogP contribution in [0.15, 0.2) is 60.2 Å². The van der Waals surface area contributed by atoms with Crippen molar-refractivity contribution < 1.29 is 49.4 Å². The van der Waals surface area contributed by atoms with Crippen LogP contribution in [0, 0.1) is 23.7 Å². The number of Topliss-reactive ketones (excluding diaryl/α,β-unsaturated/α-hetero) is 1. The Hall–Kier alpha value is -4.95. The predicted molar refractivity (Wildman–Crippen MR) is 221 cm³/mol. The molecule has 0 aromatic heterocycles. The summed E-state index contributed by atoms with van der Waals surface area (Å²) in [7, 11) is 0. The highest BCUT2D eigenvalue weighted by Crippen LogP contribution is 2.45. The zero-order valence-corrected chi connectivity index (χ0v) is 34.0. The number of phenolic OH excluding ortho intramolecular Hbond substituents is 2. The first kappa shape index (κ1) is 42.2. The Balaban J connectivity index is 1.43. The van der Waals surface area contributed by atoms with E-state index in [1.54, 1.807) is 18.2 Å². The number of carbonyl (C=O) groups is 3. The van der Waals surface area contributed by atoms with Gasteiger partial charge in [0.2, 0.25) is 0 Å². The Morgan fingerprint density at radius 3 is 2.41 bits per heavy atom. The molecule has 0 radical (unpaired) electrons. The lowest BCUT2D eigenvalue weighted by molar-refractivity contribution is -0.176. The Morgan fingerprint density at radius 1 is 0.864 bits per heavy atom. The lowest BCUT2D eigenvalue weighted by atomic mass is 9.66. The molecule has 10 heteroatoms. The molecule has 10 nitrogen and oxygen atoms in total. The van der Waals surface area contributed by atoms with Crippen LogP contribution in [0.25, 0.3) is 0 Å². The van der Waals surface area contributed by atoms with Crippen molar-refractivity contribution >= 4 is 17.7 Å². The molecule has 8 bridgehead atoms. The van der Waals surface area contributed by atoms with Gasteiger partial charge in [0.05, 0.1) is 25.0 Å². The molecule has 312 valence electrons. The maximum atomic E-state index is 14.8. The highest BCUT2D eigenvalue weighted by molar-refractivity contribution is 5.89. The van der Waals surface area contributed by atoms with Crippen molar-refractivity contribution in [3.8, 4) is 29.1 Å². The van der Waals surface area contributed by atoms with Crippen LogP contribution < -0.4 is 4.74 Å². The lowest BCUT2D eigenvalue weighted by Gasteiger charge is -2.45. The van der Waals surface area contributed by atoms with E-state index in [1.165, 1.54) is 12.1 Å². The number of carbonyl (C=O) groups excluding carboxylic acids is 3. The van der Waals surface area contributed by atoms with Crippen molar-refractivity contribution in [2.45, 2.75) is 140 Å². The minimum atomic E-state index is -1.62. The highest BCUT2D eigenvalue weighted by Gasteiger charge is 2.49. The smallest absolute Gasteiger partial charge is 0.334 e. The molecule has 7 unspecified atom stereocenters. The Bertz CT molecular complexity index is 2180. The van der Waals surface area contributed by atoms with Crippen molar-refractivity contribution in [3.05, 3.63) is 99.1 Å². The molecule has 1 saturated carbocycles. The van der Waals surface area contributed by atoms with Crippen molar-refractivity contribution in [2.24, 2.45) is 11.8 Å². The Labute approximate surface area is 346 Å². The number of ketones is 1. The molecule has 4 aliphatic rings. The third-order valence-electron chi connectivity index (χ3n) is 12.9. The summed E-state index contributed by atoms with van der Waals surface area (Å²) in [5, 5.41) is 58.1. The topological polar surface area (TPSA) is 171 Å². The molecule has 1 fully saturated rings. The molecular formula is C49H56O10. The molecule has 0 saturated heterocycles. The second-order valence-corrected chi connectivity index (χ2v) is 17.0. The molecule has 7 atom stereocenters. The molecule has 0 spiro atoms. The van der Waals surface area contributed by atoms with Gasteiger partial charge in [-0.15, -0.1) is 0 Å². The fourth-order valence-electron chi connectivity index (χ4n) is 9.76. The molecule has 3 aliphatic heterocycles. The molecular weight excluding hydrogens is 749 g/mol. The number of aliphatic hydroxyl groups is 3. The summed E-state index contributed by atoms with van der Waals surface area (Å²) in [6.45, 7) is 3.70. The first-order chi connectivity index (χ1) is 28.4. The Morgan fingerprint density at radius 2 is 1.64 bits per heavy atom. The number of aromatic hydroxyl groups is 2. The third-order valence-corrected chi connectivity index (χ3v) is 12.9. The van der Waals surface area contributed by atoms with E-state index in [1.807, 2.05) is 31.2 Å². The van der Waals surface area contributed by atoms with Crippen LogP contribution in [-0.4, -0.2) is 61.1 Å². The van der Waals surface area contributed by atoms with Crippen LogP contribution in [0.5, 0.6) is 17.2 Å². The number of ether oxygens (including phenoxy) is 2. The van der Waals surface area contributed by atoms with E-state index in [-0.39, 0.29) is 79.7 Å². The van der Waals surface area contributed by atoms with Gasteiger partial charge in [0, 0.05) is 48.3 Å². The normalized spacial score (nSPS) is 27.0. The number of aliphatic hydroxyl groups excluding tert-OH is 2. The molecule has 3 heterocycles. The van der Waals surface area contributed by atoms with Gasteiger partial charge in [-0.2, -0.15) is 0 Å². The molecule has 1 aliphatic carbocycles. The van der Waals surface area contributed by atoms with Crippen molar-refractivity contribution in [2.75, 3.05) is 0 Å². The monoisotopic (exact) mass is 804 g/mol. The summed E-state index contributed by atoms with van der Waals surface area (Å²) < 4.78 is 12.1. The van der Waals surface area contributed by atoms with Crippen molar-refractivity contribution in [1.82, 2.24) is 0 Å². The van der Waals surface area contributed by atoms with Gasteiger partial charge in [-0.05, 0) is 102 Å². The number of esters is 2. The van der Waals surface area contributed by atoms with Gasteiger partial charge >= 0.3 is 11.9 Å². The van der Waals surface area contributed by atoms with Gasteiger partial charge in [0.1, 0.15) is 34.7 Å². The SMILES string of the molecule is CCCCCc1c(O)cc(C2C#CC3CC(=O)Oc4cc(O)c(cc43)CC3OC(=O)C(=CC(O)Cc4cccc(c4)CC4CC(CCC4=O)C3(O)CCC)C2)cc1CO. The molecule has 0 amide bonds. The zero-order valence-electron chi connectivity index (χ0n) is 34.0. The van der Waals surface area contributed by atoms with Crippen LogP contribution in [0.4, 0.5) is 0 Å². The largest absolute Gasteiger partial charge is 0.508 e. The summed E-state index contributed by atoms with van der Waals surface area (Å²) in [6.07, 6.45) is 4.73. The number of phenols is 2. The maximum absolute atomic E-state index is 14.8. The third kappa shape index (κ3) is 9.28. The van der Waals surface area contributed by atoms with Gasteiger partial charge in [0.25, 0.3) is 0 Å². The van der Waals surface area contributed by atoms with E-state index in [4.69, 9.17) is 9.47 Å². The fraction of sp³-hybridized carbons (Fsp3) is 0.490. The average Bonchev–Trinajstić information content (AvgIpc) is 3.20. The standard InChI is InChI=1S/C49H56O10/c1-3-5-6-10-40-37(28-50)20-33(24-44(40)54)31-11-12-32-26-47(55)58-45-27-43(53)35(23-41(32)45)25-46-49(57,15-4-2)38-13-14-42(52)34(21-38)17-29-8-7-9-30(16-29)18-39(51)22-36(19-31)48(56)59-46/h7-9,16,20,22-24,27,31-32,34,38-39,46,50-51,53-54,57H,3-6,10,13-15,17-19,21,25-26,28H2,1-2H3. The Kier molecular flexibility index (Phi) is 13.0. The van der Waals surface area contributed by atoms with Gasteiger partial charge in [-0.25, -0.2) is 4.79 Å². The van der Waals surface area contributed by atoms with Gasteiger partial charge in [-0.1, -0.05) is 75.3 Å². The van der Waals surface area contributed by atoms with E-state index < -0.39 is 47.5 Å². The van der Waals surface area contributed by atoms with E-state index in [0.29, 0.717) is 59.9 Å². The predicted octanol–water partition coefficient (Wildman–Crippen LogP) is 6.96. The number of unbranched alkanes of at least 4 members (excludes halogenated alkanes) is 2. The molecule has 59 heavy (non-hydrogen) atoms. The van der Waals surface area contributed by atoms with Gasteiger partial charge in [-0.3, -0.25) is 9.59 Å². The summed E-state index contributed by atoms with van der Waals surface area (Å²) in [5.41, 5.74) is 2.90. The lowest BCUT2D eigenvalue weighted by Crippen LogP contribution is -2.54. The summed E-state index contributed by atoms with van der Waals surface area (Å²) in [5.74, 6) is 3.14. The van der Waals surface area contributed by atoms with E-state index in [0.717, 1.165) is 30.4 Å². The zero-order chi connectivity index (χ0) is 41.8. The maximum Gasteiger partial charge on any atom is 0.334 e. The summed E-state index contributed by atoms with van der Waals surface area (Å²) in [6, 6.07) is 14.2. The van der Waals surface area contributed by atoms with Crippen molar-refractivity contribution in [1.29, 1.82) is 0 Å². The fourth-order valence-corrected chi connectivity index (χ4v) is 9.76. The average molecular weight is 805 g/mol. The minimum Gasteiger partial charge on any atom is -0.508 e. The number of benzene rings is 3. The highest BCUT2D eigenvalue weighted by atomic mass is 16.6. The van der Waals surface area contributed by atoms with Crippen LogP contribution in [-0.2, 0) is 51.4 Å². The van der Waals surface area contributed by atoms with Gasteiger partial charge in [0.15, 0.2) is 0 Å². The van der Waals surface area contributed by atoms with Gasteiger partial charge < -0.3 is 35.0 Å². The van der Waals surface area contributed by atoms with Crippen LogP contribution in [0.1, 0.15) is 129 Å². The number of fused-ring (bicyclic) bond motifs is 8. The molecule has 3 aromatic rings. The number of hydrogen-bond donors (Lipinski definition) is 5. The molecule has 5 N–H and O–H groups in total. The van der Waals surface area contributed by atoms with Crippen LogP contribution in [0.2, 0.25) is 0 Å². The first-order valence-corrected chi connectivity index (χ1v) is 21.3. The van der Waals surface area contributed by atoms with Crippen LogP contribution >= 0.6 is 0 Å². The number of rotatable bonds is 8. The van der Waals surface area contributed by atoms with E-state index in [9.17, 15) is 39.9 Å².